The molecule has 1 amide bonds. The van der Waals surface area contributed by atoms with E-state index in [1.165, 1.54) is 6.07 Å². The lowest BCUT2D eigenvalue weighted by atomic mass is 10.2. The van der Waals surface area contributed by atoms with E-state index >= 15 is 0 Å². The monoisotopic (exact) mass is 294 g/mol. The number of H-pyrrole nitrogens is 1. The molecule has 2 heterocycles. The zero-order chi connectivity index (χ0) is 13.4. The molecule has 0 spiro atoms. The maximum absolute atomic E-state index is 12.0. The number of carbonyl (C=O) groups is 1. The number of rotatable bonds is 2. The van der Waals surface area contributed by atoms with E-state index in [1.807, 2.05) is 0 Å². The molecule has 3 aromatic rings. The highest BCUT2D eigenvalue weighted by Crippen LogP contribution is 2.30. The van der Waals surface area contributed by atoms with E-state index < -0.39 is 5.91 Å². The molecule has 1 aromatic carbocycles. The molecule has 3 rings (SSSR count). The first-order chi connectivity index (χ1) is 9.15. The Bertz CT molecular complexity index is 766. The normalized spacial score (nSPS) is 10.8. The number of carbonyl (C=O) groups excluding carboxylic acids is 1. The van der Waals surface area contributed by atoms with Crippen molar-refractivity contribution in [3.05, 3.63) is 28.9 Å². The van der Waals surface area contributed by atoms with Gasteiger partial charge in [-0.2, -0.15) is 13.8 Å². The number of fused-ring (bicyclic) bond motifs is 1. The molecule has 0 saturated heterocycles. The minimum Gasteiger partial charge on any atom is -0.382 e. The van der Waals surface area contributed by atoms with E-state index in [2.05, 4.69) is 24.3 Å². The minimum atomic E-state index is -0.397. The van der Waals surface area contributed by atoms with Crippen molar-refractivity contribution in [1.29, 1.82) is 0 Å². The number of nitrogen functional groups attached to an aromatic ring is 1. The molecule has 0 atom stereocenters. The van der Waals surface area contributed by atoms with Crippen LogP contribution in [0.25, 0.3) is 11.0 Å². The highest BCUT2D eigenvalue weighted by Gasteiger charge is 2.15. The molecule has 0 aliphatic heterocycles. The number of amides is 1. The van der Waals surface area contributed by atoms with Crippen LogP contribution in [-0.2, 0) is 0 Å². The number of benzene rings is 1. The first-order valence-electron chi connectivity index (χ1n) is 5.18. The van der Waals surface area contributed by atoms with Gasteiger partial charge in [-0.05, 0) is 12.1 Å². The third-order valence-corrected chi connectivity index (χ3v) is 3.32. The predicted molar refractivity (Wildman–Crippen MR) is 73.4 cm³/mol. The average Bonchev–Trinajstić information content (AvgIpc) is 3.01. The van der Waals surface area contributed by atoms with E-state index in [9.17, 15) is 4.79 Å². The van der Waals surface area contributed by atoms with Crippen LogP contribution in [0.4, 0.5) is 11.5 Å². The van der Waals surface area contributed by atoms with Crippen molar-refractivity contribution in [2.24, 2.45) is 0 Å². The summed E-state index contributed by atoms with van der Waals surface area (Å²) in [6.07, 6.45) is 0. The van der Waals surface area contributed by atoms with Crippen molar-refractivity contribution in [2.75, 3.05) is 11.1 Å². The Morgan fingerprint density at radius 1 is 1.42 bits per heavy atom. The minimum absolute atomic E-state index is 0.241. The maximum atomic E-state index is 12.0. The van der Waals surface area contributed by atoms with Crippen LogP contribution < -0.4 is 11.1 Å². The third-order valence-electron chi connectivity index (χ3n) is 2.46. The van der Waals surface area contributed by atoms with Gasteiger partial charge in [-0.3, -0.25) is 9.89 Å². The van der Waals surface area contributed by atoms with Gasteiger partial charge >= 0.3 is 0 Å². The van der Waals surface area contributed by atoms with Gasteiger partial charge in [0.05, 0.1) is 22.4 Å². The highest BCUT2D eigenvalue weighted by atomic mass is 35.5. The molecule has 19 heavy (non-hydrogen) atoms. The number of nitrogens with two attached hydrogens (primary N) is 1. The van der Waals surface area contributed by atoms with Gasteiger partial charge in [-0.25, -0.2) is 0 Å². The summed E-state index contributed by atoms with van der Waals surface area (Å²) in [5.74, 6) is -0.156. The zero-order valence-electron chi connectivity index (χ0n) is 9.35. The Hall–Kier alpha value is -2.19. The van der Waals surface area contributed by atoms with Crippen molar-refractivity contribution in [2.45, 2.75) is 0 Å². The molecule has 0 aliphatic rings. The van der Waals surface area contributed by atoms with Gasteiger partial charge in [0, 0.05) is 6.07 Å². The molecule has 96 valence electrons. The number of anilines is 2. The van der Waals surface area contributed by atoms with Crippen molar-refractivity contribution >= 4 is 51.8 Å². The third kappa shape index (κ3) is 2.11. The summed E-state index contributed by atoms with van der Waals surface area (Å²) < 4.78 is 8.20. The summed E-state index contributed by atoms with van der Waals surface area (Å²) in [5.41, 5.74) is 7.34. The molecule has 0 aliphatic carbocycles. The topological polar surface area (TPSA) is 110 Å². The molecule has 0 fully saturated rings. The van der Waals surface area contributed by atoms with Gasteiger partial charge in [0.15, 0.2) is 0 Å². The molecule has 0 radical (unpaired) electrons. The summed E-state index contributed by atoms with van der Waals surface area (Å²) >= 11 is 7.12. The van der Waals surface area contributed by atoms with Crippen molar-refractivity contribution in [3.8, 4) is 0 Å². The number of halogens is 1. The second-order valence-corrected chi connectivity index (χ2v) is 4.65. The van der Waals surface area contributed by atoms with Gasteiger partial charge < -0.3 is 11.1 Å². The number of aromatic amines is 1. The number of nitrogens with one attached hydrogen (secondary N) is 2. The Morgan fingerprint density at radius 3 is 3.00 bits per heavy atom. The summed E-state index contributed by atoms with van der Waals surface area (Å²) in [6.45, 7) is 0. The smallest absolute Gasteiger partial charge is 0.273 e. The van der Waals surface area contributed by atoms with Crippen LogP contribution in [0.3, 0.4) is 0 Å². The zero-order valence-corrected chi connectivity index (χ0v) is 10.9. The van der Waals surface area contributed by atoms with Gasteiger partial charge in [-0.1, -0.05) is 11.6 Å². The van der Waals surface area contributed by atoms with E-state index in [-0.39, 0.29) is 11.5 Å². The van der Waals surface area contributed by atoms with Crippen LogP contribution in [0.2, 0.25) is 5.02 Å². The second-order valence-electron chi connectivity index (χ2n) is 3.71. The van der Waals surface area contributed by atoms with Gasteiger partial charge in [-0.15, -0.1) is 0 Å². The summed E-state index contributed by atoms with van der Waals surface area (Å²) in [5, 5.41) is 9.28. The Balaban J connectivity index is 1.99. The molecular weight excluding hydrogens is 288 g/mol. The van der Waals surface area contributed by atoms with Crippen LogP contribution in [0.15, 0.2) is 18.2 Å². The predicted octanol–water partition coefficient (Wildman–Crippen LogP) is 1.90. The van der Waals surface area contributed by atoms with E-state index in [0.29, 0.717) is 21.7 Å². The fourth-order valence-electron chi connectivity index (χ4n) is 1.58. The van der Waals surface area contributed by atoms with E-state index in [0.717, 1.165) is 11.7 Å². The lowest BCUT2D eigenvalue weighted by molar-refractivity contribution is 0.102. The molecule has 0 unspecified atom stereocenters. The van der Waals surface area contributed by atoms with Crippen LogP contribution >= 0.6 is 23.3 Å². The summed E-state index contributed by atoms with van der Waals surface area (Å²) in [7, 11) is 0. The quantitative estimate of drug-likeness (QED) is 0.668. The molecule has 7 nitrogen and oxygen atoms in total. The van der Waals surface area contributed by atoms with Crippen molar-refractivity contribution in [3.63, 3.8) is 0 Å². The Labute approximate surface area is 116 Å². The molecule has 4 N–H and O–H groups in total. The summed E-state index contributed by atoms with van der Waals surface area (Å²) in [6, 6.07) is 4.83. The fraction of sp³-hybridized carbons (Fsp3) is 0. The van der Waals surface area contributed by atoms with Crippen LogP contribution in [0, 0.1) is 0 Å². The lowest BCUT2D eigenvalue weighted by Gasteiger charge is -2.05. The number of hydrogen-bond acceptors (Lipinski definition) is 6. The van der Waals surface area contributed by atoms with Crippen LogP contribution in [-0.4, -0.2) is 24.9 Å². The van der Waals surface area contributed by atoms with Crippen molar-refractivity contribution < 1.29 is 4.79 Å². The molecular formula is C10H7ClN6OS. The van der Waals surface area contributed by atoms with Crippen molar-refractivity contribution in [1.82, 2.24) is 18.9 Å². The Morgan fingerprint density at radius 2 is 2.26 bits per heavy atom. The fourth-order valence-corrected chi connectivity index (χ4v) is 2.32. The molecule has 9 heteroatoms. The van der Waals surface area contributed by atoms with Gasteiger partial charge in [0.2, 0.25) is 0 Å². The lowest BCUT2D eigenvalue weighted by Crippen LogP contribution is -2.13. The van der Waals surface area contributed by atoms with Gasteiger partial charge in [0.1, 0.15) is 22.5 Å². The summed E-state index contributed by atoms with van der Waals surface area (Å²) in [4.78, 5) is 12.0. The average molecular weight is 295 g/mol. The number of hydrogen-bond donors (Lipinski definition) is 3. The van der Waals surface area contributed by atoms with Gasteiger partial charge in [0.25, 0.3) is 5.91 Å². The maximum Gasteiger partial charge on any atom is 0.273 e. The molecule has 0 bridgehead atoms. The highest BCUT2D eigenvalue weighted by molar-refractivity contribution is 7.00. The van der Waals surface area contributed by atoms with E-state index in [1.54, 1.807) is 12.1 Å². The first-order valence-corrected chi connectivity index (χ1v) is 6.29. The number of aromatic nitrogens is 4. The first kappa shape index (κ1) is 11.9. The molecule has 0 saturated carbocycles. The largest absolute Gasteiger partial charge is 0.382 e. The van der Waals surface area contributed by atoms with E-state index in [4.69, 9.17) is 17.3 Å². The Kier molecular flexibility index (Phi) is 2.80. The SMILES string of the molecule is Nc1cc(C(=O)Nc2c(Cl)ccc3nsnc23)[nH]n1. The second kappa shape index (κ2) is 4.48. The number of nitrogens with zero attached hydrogens (tertiary/aromatic N) is 3. The molecule has 2 aromatic heterocycles. The standard InChI is InChI=1S/C10H7ClN6OS/c11-4-1-2-5-9(17-19-16-5)8(4)13-10(18)6-3-7(12)15-14-6/h1-3H,(H,13,18)(H3,12,14,15). The van der Waals surface area contributed by atoms with Crippen LogP contribution in [0.1, 0.15) is 10.5 Å². The van der Waals surface area contributed by atoms with Crippen LogP contribution in [0.5, 0.6) is 0 Å².